The standard InChI is InChI=1S/C15H12ClN3OS2/c1-9(20)13(6-17)14(18)21-7-12-8-22-15(19-12)10-2-4-11(16)5-3-10/h2-5,8H,7,18H2,1H3/b14-13-. The average molecular weight is 350 g/mol. The van der Waals surface area contributed by atoms with Gasteiger partial charge in [0.2, 0.25) is 0 Å². The number of benzene rings is 1. The maximum absolute atomic E-state index is 11.2. The number of thioether (sulfide) groups is 1. The molecule has 0 unspecified atom stereocenters. The summed E-state index contributed by atoms with van der Waals surface area (Å²) in [6.45, 7) is 1.33. The van der Waals surface area contributed by atoms with E-state index in [1.54, 1.807) is 0 Å². The molecular formula is C15H12ClN3OS2. The summed E-state index contributed by atoms with van der Waals surface area (Å²) in [7, 11) is 0. The molecule has 22 heavy (non-hydrogen) atoms. The van der Waals surface area contributed by atoms with E-state index in [1.807, 2.05) is 35.7 Å². The van der Waals surface area contributed by atoms with E-state index < -0.39 is 0 Å². The Morgan fingerprint density at radius 2 is 2.14 bits per heavy atom. The number of halogens is 1. The molecule has 0 spiro atoms. The van der Waals surface area contributed by atoms with Crippen LogP contribution in [0.4, 0.5) is 0 Å². The summed E-state index contributed by atoms with van der Waals surface area (Å²) in [5, 5.41) is 12.6. The van der Waals surface area contributed by atoms with Crippen LogP contribution in [0.5, 0.6) is 0 Å². The first kappa shape index (κ1) is 16.6. The Bertz CT molecular complexity index is 760. The lowest BCUT2D eigenvalue weighted by atomic mass is 10.2. The molecule has 4 nitrogen and oxygen atoms in total. The lowest BCUT2D eigenvalue weighted by Gasteiger charge is -2.01. The number of nitriles is 1. The van der Waals surface area contributed by atoms with Crippen molar-refractivity contribution >= 4 is 40.5 Å². The van der Waals surface area contributed by atoms with E-state index in [9.17, 15) is 4.79 Å². The number of Topliss-reactive ketones (excluding diaryl/α,β-unsaturated/α-hetero) is 1. The van der Waals surface area contributed by atoms with Crippen LogP contribution >= 0.6 is 34.7 Å². The molecule has 0 saturated carbocycles. The zero-order valence-corrected chi connectivity index (χ0v) is 14.1. The highest BCUT2D eigenvalue weighted by Gasteiger charge is 2.11. The molecule has 7 heteroatoms. The Hall–Kier alpha value is -1.81. The fourth-order valence-corrected chi connectivity index (χ4v) is 3.47. The molecule has 0 aliphatic heterocycles. The normalized spacial score (nSPS) is 11.7. The van der Waals surface area contributed by atoms with E-state index in [2.05, 4.69) is 4.98 Å². The Morgan fingerprint density at radius 3 is 2.73 bits per heavy atom. The number of ketones is 1. The Balaban J connectivity index is 2.09. The van der Waals surface area contributed by atoms with Crippen molar-refractivity contribution in [2.24, 2.45) is 5.73 Å². The summed E-state index contributed by atoms with van der Waals surface area (Å²) in [6, 6.07) is 9.29. The number of aromatic nitrogens is 1. The molecule has 0 fully saturated rings. The average Bonchev–Trinajstić information content (AvgIpc) is 2.95. The molecule has 1 aromatic heterocycles. The maximum Gasteiger partial charge on any atom is 0.172 e. The van der Waals surface area contributed by atoms with Gasteiger partial charge in [-0.3, -0.25) is 4.79 Å². The first-order chi connectivity index (χ1) is 10.5. The van der Waals surface area contributed by atoms with Crippen LogP contribution in [0.15, 0.2) is 40.2 Å². The highest BCUT2D eigenvalue weighted by atomic mass is 35.5. The van der Waals surface area contributed by atoms with Gasteiger partial charge in [0.25, 0.3) is 0 Å². The molecule has 112 valence electrons. The molecule has 1 heterocycles. The highest BCUT2D eigenvalue weighted by molar-refractivity contribution is 8.02. The minimum absolute atomic E-state index is 0.00171. The molecule has 0 radical (unpaired) electrons. The van der Waals surface area contributed by atoms with E-state index in [4.69, 9.17) is 22.6 Å². The summed E-state index contributed by atoms with van der Waals surface area (Å²) >= 11 is 8.63. The summed E-state index contributed by atoms with van der Waals surface area (Å²) in [5.74, 6) is 0.182. The first-order valence-corrected chi connectivity index (χ1v) is 8.49. The van der Waals surface area contributed by atoms with Gasteiger partial charge in [0.1, 0.15) is 16.6 Å². The lowest BCUT2D eigenvalue weighted by Crippen LogP contribution is -2.04. The van der Waals surface area contributed by atoms with Crippen molar-refractivity contribution < 1.29 is 4.79 Å². The van der Waals surface area contributed by atoms with E-state index in [0.717, 1.165) is 16.3 Å². The third-order valence-electron chi connectivity index (χ3n) is 2.73. The van der Waals surface area contributed by atoms with Crippen molar-refractivity contribution in [2.75, 3.05) is 0 Å². The van der Waals surface area contributed by atoms with Crippen molar-refractivity contribution in [3.05, 3.63) is 51.0 Å². The largest absolute Gasteiger partial charge is 0.392 e. The summed E-state index contributed by atoms with van der Waals surface area (Å²) in [5.41, 5.74) is 7.62. The Kier molecular flexibility index (Phi) is 5.61. The van der Waals surface area contributed by atoms with Crippen molar-refractivity contribution in [2.45, 2.75) is 12.7 Å². The number of allylic oxidation sites excluding steroid dienone is 1. The van der Waals surface area contributed by atoms with Crippen LogP contribution in [0.2, 0.25) is 5.02 Å². The van der Waals surface area contributed by atoms with Gasteiger partial charge in [0, 0.05) is 21.7 Å². The van der Waals surface area contributed by atoms with Crippen LogP contribution in [-0.2, 0) is 10.5 Å². The third kappa shape index (κ3) is 4.10. The molecule has 0 atom stereocenters. The first-order valence-electron chi connectivity index (χ1n) is 6.25. The Labute approximate surface area is 141 Å². The Morgan fingerprint density at radius 1 is 1.45 bits per heavy atom. The van der Waals surface area contributed by atoms with Crippen LogP contribution < -0.4 is 5.73 Å². The lowest BCUT2D eigenvalue weighted by molar-refractivity contribution is -0.113. The van der Waals surface area contributed by atoms with E-state index in [0.29, 0.717) is 10.8 Å². The molecule has 0 aliphatic rings. The van der Waals surface area contributed by atoms with Gasteiger partial charge in [0.05, 0.1) is 10.7 Å². The van der Waals surface area contributed by atoms with Gasteiger partial charge in [-0.1, -0.05) is 23.7 Å². The predicted molar refractivity (Wildman–Crippen MR) is 91.4 cm³/mol. The van der Waals surface area contributed by atoms with E-state index >= 15 is 0 Å². The molecular weight excluding hydrogens is 338 g/mol. The van der Waals surface area contributed by atoms with Crippen molar-refractivity contribution in [1.82, 2.24) is 4.98 Å². The minimum atomic E-state index is -0.326. The molecule has 1 aromatic carbocycles. The van der Waals surface area contributed by atoms with Crippen molar-refractivity contribution in [3.63, 3.8) is 0 Å². The van der Waals surface area contributed by atoms with Gasteiger partial charge in [0.15, 0.2) is 5.78 Å². The molecule has 0 bridgehead atoms. The number of thiazole rings is 1. The van der Waals surface area contributed by atoms with Crippen LogP contribution in [-0.4, -0.2) is 10.8 Å². The number of hydrogen-bond donors (Lipinski definition) is 1. The number of carbonyl (C=O) groups excluding carboxylic acids is 1. The van der Waals surface area contributed by atoms with Gasteiger partial charge < -0.3 is 5.73 Å². The molecule has 0 amide bonds. The fourth-order valence-electron chi connectivity index (χ4n) is 1.63. The van der Waals surface area contributed by atoms with Gasteiger partial charge in [-0.15, -0.1) is 23.1 Å². The van der Waals surface area contributed by atoms with Gasteiger partial charge in [-0.25, -0.2) is 4.98 Å². The van der Waals surface area contributed by atoms with Gasteiger partial charge in [-0.05, 0) is 19.1 Å². The summed E-state index contributed by atoms with van der Waals surface area (Å²) in [6.07, 6.45) is 0. The number of nitrogens with zero attached hydrogens (tertiary/aromatic N) is 2. The predicted octanol–water partition coefficient (Wildman–Crippen LogP) is 3.98. The monoisotopic (exact) mass is 349 g/mol. The molecule has 2 rings (SSSR count). The number of hydrogen-bond acceptors (Lipinski definition) is 6. The topological polar surface area (TPSA) is 79.8 Å². The number of rotatable bonds is 5. The van der Waals surface area contributed by atoms with Crippen LogP contribution in [0, 0.1) is 11.3 Å². The molecule has 2 aromatic rings. The van der Waals surface area contributed by atoms with Crippen LogP contribution in [0.3, 0.4) is 0 Å². The zero-order chi connectivity index (χ0) is 16.1. The second-order valence-corrected chi connectivity index (χ2v) is 6.66. The third-order valence-corrected chi connectivity index (χ3v) is 4.88. The van der Waals surface area contributed by atoms with Crippen LogP contribution in [0.1, 0.15) is 12.6 Å². The minimum Gasteiger partial charge on any atom is -0.392 e. The number of carbonyl (C=O) groups is 1. The molecule has 2 N–H and O–H groups in total. The highest BCUT2D eigenvalue weighted by Crippen LogP contribution is 2.28. The fraction of sp³-hybridized carbons (Fsp3) is 0.133. The smallest absolute Gasteiger partial charge is 0.172 e. The SMILES string of the molecule is CC(=O)/C(C#N)=C(/N)SCc1csc(-c2ccc(Cl)cc2)n1. The molecule has 0 aliphatic carbocycles. The second-order valence-electron chi connectivity index (χ2n) is 4.35. The second kappa shape index (κ2) is 7.45. The van der Waals surface area contributed by atoms with Crippen LogP contribution in [0.25, 0.3) is 10.6 Å². The van der Waals surface area contributed by atoms with E-state index in [1.165, 1.54) is 30.0 Å². The van der Waals surface area contributed by atoms with Gasteiger partial charge >= 0.3 is 0 Å². The van der Waals surface area contributed by atoms with Gasteiger partial charge in [-0.2, -0.15) is 5.26 Å². The van der Waals surface area contributed by atoms with E-state index in [-0.39, 0.29) is 16.4 Å². The van der Waals surface area contributed by atoms with Crippen molar-refractivity contribution in [1.29, 1.82) is 5.26 Å². The summed E-state index contributed by atoms with van der Waals surface area (Å²) < 4.78 is 0. The quantitative estimate of drug-likeness (QED) is 0.652. The number of nitrogens with two attached hydrogens (primary N) is 1. The zero-order valence-electron chi connectivity index (χ0n) is 11.7. The molecule has 0 saturated heterocycles. The maximum atomic E-state index is 11.2. The summed E-state index contributed by atoms with van der Waals surface area (Å²) in [4.78, 5) is 15.8. The van der Waals surface area contributed by atoms with Crippen molar-refractivity contribution in [3.8, 4) is 16.6 Å².